The quantitative estimate of drug-likeness (QED) is 0.483. The lowest BCUT2D eigenvalue weighted by atomic mass is 9.94. The van der Waals surface area contributed by atoms with Gasteiger partial charge in [0.25, 0.3) is 5.95 Å². The maximum absolute atomic E-state index is 8.92. The van der Waals surface area contributed by atoms with Crippen molar-refractivity contribution in [1.29, 1.82) is 0 Å². The third-order valence-corrected chi connectivity index (χ3v) is 1.23. The van der Waals surface area contributed by atoms with Gasteiger partial charge in [0.1, 0.15) is 0 Å². The number of aliphatic hydroxyl groups excluding tert-OH is 1. The number of ether oxygens (including phenoxy) is 1. The second-order valence-corrected chi connectivity index (χ2v) is 2.71. The fourth-order valence-corrected chi connectivity index (χ4v) is 0.436. The number of rotatable bonds is 3. The van der Waals surface area contributed by atoms with Crippen LogP contribution in [0.5, 0.6) is 0 Å². The molecular formula is C8H14O2. The Bertz CT molecular complexity index is 145. The summed E-state index contributed by atoms with van der Waals surface area (Å²) < 4.78 is 4.56. The minimum Gasteiger partial charge on any atom is -0.481 e. The predicted molar refractivity (Wildman–Crippen MR) is 41.7 cm³/mol. The molecule has 0 spiro atoms. The van der Waals surface area contributed by atoms with Gasteiger partial charge in [-0.15, -0.1) is 6.58 Å². The van der Waals surface area contributed by atoms with E-state index in [1.165, 1.54) is 7.11 Å². The van der Waals surface area contributed by atoms with Crippen LogP contribution in [0.2, 0.25) is 0 Å². The van der Waals surface area contributed by atoms with Gasteiger partial charge in [-0.25, -0.2) is 0 Å². The Morgan fingerprint density at radius 1 is 1.60 bits per heavy atom. The van der Waals surface area contributed by atoms with Crippen molar-refractivity contribution in [1.82, 2.24) is 0 Å². The molecule has 10 heavy (non-hydrogen) atoms. The molecule has 1 N–H and O–H groups in total. The van der Waals surface area contributed by atoms with Crippen molar-refractivity contribution in [3.8, 4) is 0 Å². The summed E-state index contributed by atoms with van der Waals surface area (Å²) in [6.45, 7) is 7.46. The van der Waals surface area contributed by atoms with E-state index in [4.69, 9.17) is 5.11 Å². The minimum atomic E-state index is -0.208. The third kappa shape index (κ3) is 3.17. The summed E-state index contributed by atoms with van der Waals surface area (Å²) in [5, 5.41) is 8.92. The van der Waals surface area contributed by atoms with Gasteiger partial charge in [-0.05, 0) is 0 Å². The van der Waals surface area contributed by atoms with E-state index in [-0.39, 0.29) is 11.4 Å². The first-order valence-electron chi connectivity index (χ1n) is 3.11. The van der Waals surface area contributed by atoms with Gasteiger partial charge >= 0.3 is 0 Å². The molecule has 0 aromatic carbocycles. The summed E-state index contributed by atoms with van der Waals surface area (Å²) in [4.78, 5) is 0. The summed E-state index contributed by atoms with van der Waals surface area (Å²) in [6, 6.07) is 0. The van der Waals surface area contributed by atoms with E-state index >= 15 is 0 Å². The highest BCUT2D eigenvalue weighted by Gasteiger charge is 2.10. The molecule has 0 fully saturated rings. The molecule has 0 saturated carbocycles. The molecule has 0 heterocycles. The van der Waals surface area contributed by atoms with Gasteiger partial charge in [0.15, 0.2) is 0 Å². The summed E-state index contributed by atoms with van der Waals surface area (Å²) >= 11 is 0. The number of allylic oxidation sites excluding steroid dienone is 2. The lowest BCUT2D eigenvalue weighted by molar-refractivity contribution is 0.131. The number of hydrogen-bond donors (Lipinski definition) is 1. The molecule has 0 amide bonds. The number of hydrogen-bond acceptors (Lipinski definition) is 2. The zero-order valence-electron chi connectivity index (χ0n) is 6.72. The number of aliphatic hydroxyl groups is 1. The highest BCUT2D eigenvalue weighted by molar-refractivity contribution is 5.04. The van der Waals surface area contributed by atoms with Gasteiger partial charge < -0.3 is 9.84 Å². The van der Waals surface area contributed by atoms with Crippen molar-refractivity contribution in [3.63, 3.8) is 0 Å². The van der Waals surface area contributed by atoms with Crippen LogP contribution in [0.1, 0.15) is 13.8 Å². The van der Waals surface area contributed by atoms with Crippen molar-refractivity contribution in [3.05, 3.63) is 24.7 Å². The molecule has 0 aromatic heterocycles. The van der Waals surface area contributed by atoms with E-state index in [0.29, 0.717) is 0 Å². The Hall–Kier alpha value is -0.920. The molecule has 0 aromatic rings. The Labute approximate surface area is 61.8 Å². The molecule has 0 radical (unpaired) electrons. The first-order chi connectivity index (χ1) is 4.52. The van der Waals surface area contributed by atoms with E-state index in [0.717, 1.165) is 0 Å². The molecule has 2 nitrogen and oxygen atoms in total. The molecule has 0 saturated heterocycles. The van der Waals surface area contributed by atoms with Gasteiger partial charge in [0, 0.05) is 11.5 Å². The third-order valence-electron chi connectivity index (χ3n) is 1.23. The van der Waals surface area contributed by atoms with Crippen molar-refractivity contribution >= 4 is 0 Å². The average molecular weight is 142 g/mol. The predicted octanol–water partition coefficient (Wildman–Crippen LogP) is 2.24. The maximum atomic E-state index is 8.92. The van der Waals surface area contributed by atoms with Gasteiger partial charge in [-0.2, -0.15) is 0 Å². The lowest BCUT2D eigenvalue weighted by Gasteiger charge is -2.13. The number of methoxy groups -OCH3 is 1. The molecule has 0 aliphatic carbocycles. The second kappa shape index (κ2) is 3.30. The van der Waals surface area contributed by atoms with Crippen LogP contribution >= 0.6 is 0 Å². The first-order valence-corrected chi connectivity index (χ1v) is 3.11. The van der Waals surface area contributed by atoms with Crippen LogP contribution in [-0.4, -0.2) is 12.2 Å². The largest absolute Gasteiger partial charge is 0.481 e. The summed E-state index contributed by atoms with van der Waals surface area (Å²) in [7, 11) is 1.42. The van der Waals surface area contributed by atoms with E-state index < -0.39 is 0 Å². The molecule has 0 rings (SSSR count). The van der Waals surface area contributed by atoms with Crippen LogP contribution in [0.25, 0.3) is 0 Å². The first kappa shape index (κ1) is 9.08. The summed E-state index contributed by atoms with van der Waals surface area (Å²) in [5.41, 5.74) is -0.208. The second-order valence-electron chi connectivity index (χ2n) is 2.71. The van der Waals surface area contributed by atoms with E-state index in [1.807, 2.05) is 13.8 Å². The molecule has 0 aliphatic rings. The van der Waals surface area contributed by atoms with Gasteiger partial charge in [-0.3, -0.25) is 0 Å². The highest BCUT2D eigenvalue weighted by atomic mass is 16.6. The van der Waals surface area contributed by atoms with Crippen molar-refractivity contribution in [2.24, 2.45) is 5.41 Å². The summed E-state index contributed by atoms with van der Waals surface area (Å²) in [5.74, 6) is -0.0649. The topological polar surface area (TPSA) is 29.5 Å². The smallest absolute Gasteiger partial charge is 0.272 e. The average Bonchev–Trinajstić information content (AvgIpc) is 1.87. The zero-order valence-corrected chi connectivity index (χ0v) is 6.72. The van der Waals surface area contributed by atoms with Crippen LogP contribution in [0.3, 0.4) is 0 Å². The van der Waals surface area contributed by atoms with Crippen LogP contribution in [-0.2, 0) is 4.74 Å². The van der Waals surface area contributed by atoms with Gasteiger partial charge in [0.05, 0.1) is 7.11 Å². The van der Waals surface area contributed by atoms with Crippen molar-refractivity contribution in [2.75, 3.05) is 7.11 Å². The SMILES string of the molecule is C=CC(C)(C)/C=C(\O)OC. The Balaban J connectivity index is 4.22. The Kier molecular flexibility index (Phi) is 3.00. The molecule has 0 atom stereocenters. The maximum Gasteiger partial charge on any atom is 0.272 e. The molecular weight excluding hydrogens is 128 g/mol. The Morgan fingerprint density at radius 3 is 2.40 bits per heavy atom. The van der Waals surface area contributed by atoms with E-state index in [9.17, 15) is 0 Å². The monoisotopic (exact) mass is 142 g/mol. The minimum absolute atomic E-state index is 0.0649. The molecule has 2 heteroatoms. The highest BCUT2D eigenvalue weighted by Crippen LogP contribution is 2.19. The van der Waals surface area contributed by atoms with Crippen molar-refractivity contribution in [2.45, 2.75) is 13.8 Å². The fraction of sp³-hybridized carbons (Fsp3) is 0.500. The zero-order chi connectivity index (χ0) is 8.20. The van der Waals surface area contributed by atoms with Crippen LogP contribution in [0.4, 0.5) is 0 Å². The van der Waals surface area contributed by atoms with Crippen LogP contribution < -0.4 is 0 Å². The van der Waals surface area contributed by atoms with Crippen molar-refractivity contribution < 1.29 is 9.84 Å². The molecule has 0 bridgehead atoms. The van der Waals surface area contributed by atoms with Crippen LogP contribution in [0.15, 0.2) is 24.7 Å². The molecule has 58 valence electrons. The molecule has 0 unspecified atom stereocenters. The molecule has 0 aliphatic heterocycles. The van der Waals surface area contributed by atoms with Gasteiger partial charge in [0.2, 0.25) is 0 Å². The standard InChI is InChI=1S/C8H14O2/c1-5-8(2,3)6-7(9)10-4/h5-6,9H,1H2,2-4H3/b7-6+. The van der Waals surface area contributed by atoms with E-state index in [2.05, 4.69) is 11.3 Å². The van der Waals surface area contributed by atoms with Crippen LogP contribution in [0, 0.1) is 5.41 Å². The lowest BCUT2D eigenvalue weighted by Crippen LogP contribution is -2.03. The normalized spacial score (nSPS) is 12.9. The van der Waals surface area contributed by atoms with Gasteiger partial charge in [-0.1, -0.05) is 19.9 Å². The Morgan fingerprint density at radius 2 is 2.10 bits per heavy atom. The fourth-order valence-electron chi connectivity index (χ4n) is 0.436. The van der Waals surface area contributed by atoms with E-state index in [1.54, 1.807) is 12.2 Å². The summed E-state index contributed by atoms with van der Waals surface area (Å²) in [6.07, 6.45) is 3.34.